The highest BCUT2D eigenvalue weighted by atomic mass is 19.4. The van der Waals surface area contributed by atoms with Gasteiger partial charge in [-0.3, -0.25) is 4.79 Å². The second kappa shape index (κ2) is 11.6. The molecular weight excluding hydrogens is 473 g/mol. The Morgan fingerprint density at radius 3 is 2.22 bits per heavy atom. The van der Waals surface area contributed by atoms with Gasteiger partial charge in [-0.2, -0.15) is 13.2 Å². The number of carbonyl (C=O) groups excluding carboxylic acids is 1. The van der Waals surface area contributed by atoms with E-state index in [0.29, 0.717) is 34.4 Å². The Bertz CT molecular complexity index is 1200. The van der Waals surface area contributed by atoms with Crippen molar-refractivity contribution in [1.29, 1.82) is 0 Å². The molecule has 0 aliphatic carbocycles. The minimum atomic E-state index is -4.50. The number of halogens is 3. The number of carbonyl (C=O) groups is 2. The van der Waals surface area contributed by atoms with Crippen LogP contribution in [0.3, 0.4) is 0 Å². The first-order valence-electron chi connectivity index (χ1n) is 11.3. The molecule has 9 heteroatoms. The summed E-state index contributed by atoms with van der Waals surface area (Å²) in [4.78, 5) is 24.4. The average molecular weight is 501 g/mol. The topological polar surface area (TPSA) is 87.7 Å². The second-order valence-electron chi connectivity index (χ2n) is 8.13. The molecule has 0 aliphatic heterocycles. The van der Waals surface area contributed by atoms with E-state index in [-0.39, 0.29) is 13.0 Å². The van der Waals surface area contributed by atoms with Crippen molar-refractivity contribution in [2.45, 2.75) is 38.5 Å². The van der Waals surface area contributed by atoms with Crippen molar-refractivity contribution in [2.75, 3.05) is 7.11 Å². The molecule has 1 atom stereocenters. The first-order valence-corrected chi connectivity index (χ1v) is 11.3. The Balaban J connectivity index is 2.03. The van der Waals surface area contributed by atoms with Gasteiger partial charge in [0.05, 0.1) is 25.1 Å². The number of alkyl halides is 3. The van der Waals surface area contributed by atoms with Crippen molar-refractivity contribution < 1.29 is 32.6 Å². The maximum atomic E-state index is 13.1. The normalized spacial score (nSPS) is 12.0. The molecule has 0 spiro atoms. The number of amides is 2. The summed E-state index contributed by atoms with van der Waals surface area (Å²) in [6.45, 7) is 2.11. The minimum Gasteiger partial charge on any atom is -0.496 e. The van der Waals surface area contributed by atoms with Crippen LogP contribution in [0.4, 0.5) is 18.0 Å². The molecular formula is C27H27F3N2O4. The number of carboxylic acid groups (broad SMARTS) is 1. The van der Waals surface area contributed by atoms with E-state index >= 15 is 0 Å². The molecule has 3 aromatic rings. The summed E-state index contributed by atoms with van der Waals surface area (Å²) >= 11 is 0. The first-order chi connectivity index (χ1) is 17.1. The Hall–Kier alpha value is -4.01. The van der Waals surface area contributed by atoms with Gasteiger partial charge in [0, 0.05) is 12.1 Å². The van der Waals surface area contributed by atoms with E-state index in [0.717, 1.165) is 17.7 Å². The molecule has 0 fully saturated rings. The molecule has 0 aliphatic rings. The summed E-state index contributed by atoms with van der Waals surface area (Å²) in [6, 6.07) is 15.9. The third kappa shape index (κ3) is 6.56. The van der Waals surface area contributed by atoms with E-state index in [9.17, 15) is 27.9 Å². The molecule has 2 amide bonds. The lowest BCUT2D eigenvalue weighted by Gasteiger charge is -2.26. The number of urea groups is 1. The van der Waals surface area contributed by atoms with Gasteiger partial charge in [0.2, 0.25) is 0 Å². The van der Waals surface area contributed by atoms with E-state index in [1.165, 1.54) is 19.2 Å². The number of rotatable bonds is 9. The van der Waals surface area contributed by atoms with Crippen molar-refractivity contribution in [2.24, 2.45) is 0 Å². The zero-order valence-corrected chi connectivity index (χ0v) is 19.9. The highest BCUT2D eigenvalue weighted by Crippen LogP contribution is 2.41. The molecule has 3 aromatic carbocycles. The summed E-state index contributed by atoms with van der Waals surface area (Å²) < 4.78 is 44.9. The third-order valence-corrected chi connectivity index (χ3v) is 5.72. The minimum absolute atomic E-state index is 0.287. The predicted molar refractivity (Wildman–Crippen MR) is 130 cm³/mol. The van der Waals surface area contributed by atoms with Gasteiger partial charge in [0.15, 0.2) is 0 Å². The van der Waals surface area contributed by atoms with Gasteiger partial charge in [0.25, 0.3) is 0 Å². The molecule has 0 radical (unpaired) electrons. The summed E-state index contributed by atoms with van der Waals surface area (Å²) in [6.07, 6.45) is -4.44. The molecule has 36 heavy (non-hydrogen) atoms. The summed E-state index contributed by atoms with van der Waals surface area (Å²) in [5, 5.41) is 15.2. The van der Waals surface area contributed by atoms with Crippen LogP contribution < -0.4 is 15.4 Å². The highest BCUT2D eigenvalue weighted by molar-refractivity contribution is 5.81. The lowest BCUT2D eigenvalue weighted by Crippen LogP contribution is -2.38. The molecule has 3 rings (SSSR count). The van der Waals surface area contributed by atoms with E-state index in [4.69, 9.17) is 4.74 Å². The van der Waals surface area contributed by atoms with Gasteiger partial charge >= 0.3 is 18.2 Å². The van der Waals surface area contributed by atoms with Crippen LogP contribution in [-0.2, 0) is 23.9 Å². The number of benzene rings is 3. The van der Waals surface area contributed by atoms with E-state index < -0.39 is 29.8 Å². The highest BCUT2D eigenvalue weighted by Gasteiger charge is 2.31. The fraction of sp³-hybridized carbons (Fsp3) is 0.259. The van der Waals surface area contributed by atoms with Crippen molar-refractivity contribution >= 4 is 12.0 Å². The molecule has 0 heterocycles. The summed E-state index contributed by atoms with van der Waals surface area (Å²) in [5.41, 5.74) is 1.84. The van der Waals surface area contributed by atoms with Crippen molar-refractivity contribution in [3.05, 3.63) is 89.0 Å². The molecule has 0 saturated heterocycles. The standard InChI is InChI=1S/C27H27F3N2O4/c1-3-21(32-26(35)31-16-17-7-5-4-6-8-17)24-19(15-23(33)34)11-14-22(36-2)25(24)18-9-12-20(13-10-18)27(28,29)30/h4-14,21H,3,15-16H2,1-2H3,(H,33,34)(H2,31,32,35). The Labute approximate surface area is 207 Å². The van der Waals surface area contributed by atoms with Crippen LogP contribution in [0.2, 0.25) is 0 Å². The van der Waals surface area contributed by atoms with Crippen LogP contribution in [0.1, 0.15) is 41.6 Å². The Kier molecular flexibility index (Phi) is 8.58. The van der Waals surface area contributed by atoms with Gasteiger partial charge in [-0.15, -0.1) is 0 Å². The van der Waals surface area contributed by atoms with E-state index in [2.05, 4.69) is 10.6 Å². The van der Waals surface area contributed by atoms with Crippen LogP contribution in [0.25, 0.3) is 11.1 Å². The predicted octanol–water partition coefficient (Wildman–Crippen LogP) is 5.96. The van der Waals surface area contributed by atoms with Crippen LogP contribution in [0.5, 0.6) is 5.75 Å². The quantitative estimate of drug-likeness (QED) is 0.338. The lowest BCUT2D eigenvalue weighted by molar-refractivity contribution is -0.138. The van der Waals surface area contributed by atoms with Gasteiger partial charge in [-0.05, 0) is 46.9 Å². The van der Waals surface area contributed by atoms with Crippen molar-refractivity contribution in [3.8, 4) is 16.9 Å². The third-order valence-electron chi connectivity index (χ3n) is 5.72. The van der Waals surface area contributed by atoms with Crippen molar-refractivity contribution in [1.82, 2.24) is 10.6 Å². The van der Waals surface area contributed by atoms with Crippen LogP contribution in [0, 0.1) is 0 Å². The molecule has 0 bridgehead atoms. The Morgan fingerprint density at radius 1 is 1.00 bits per heavy atom. The fourth-order valence-electron chi connectivity index (χ4n) is 4.02. The summed E-state index contributed by atoms with van der Waals surface area (Å²) in [7, 11) is 1.42. The largest absolute Gasteiger partial charge is 0.496 e. The van der Waals surface area contributed by atoms with E-state index in [1.807, 2.05) is 37.3 Å². The first kappa shape index (κ1) is 26.6. The SMILES string of the molecule is CCC(NC(=O)NCc1ccccc1)c1c(CC(=O)O)ccc(OC)c1-c1ccc(C(F)(F)F)cc1. The number of hydrogen-bond acceptors (Lipinski definition) is 3. The zero-order valence-electron chi connectivity index (χ0n) is 19.9. The number of carboxylic acids is 1. The molecule has 190 valence electrons. The molecule has 6 nitrogen and oxygen atoms in total. The zero-order chi connectivity index (χ0) is 26.3. The van der Waals surface area contributed by atoms with Crippen LogP contribution in [0.15, 0.2) is 66.7 Å². The fourth-order valence-corrected chi connectivity index (χ4v) is 4.02. The molecule has 0 aromatic heterocycles. The maximum Gasteiger partial charge on any atom is 0.416 e. The van der Waals surface area contributed by atoms with Crippen molar-refractivity contribution in [3.63, 3.8) is 0 Å². The van der Waals surface area contributed by atoms with Gasteiger partial charge < -0.3 is 20.5 Å². The van der Waals surface area contributed by atoms with Gasteiger partial charge in [-0.1, -0.05) is 55.5 Å². The molecule has 3 N–H and O–H groups in total. The van der Waals surface area contributed by atoms with Crippen LogP contribution in [-0.4, -0.2) is 24.2 Å². The Morgan fingerprint density at radius 2 is 1.67 bits per heavy atom. The molecule has 1 unspecified atom stereocenters. The number of aliphatic carboxylic acids is 1. The number of methoxy groups -OCH3 is 1. The number of nitrogens with one attached hydrogen (secondary N) is 2. The lowest BCUT2D eigenvalue weighted by atomic mass is 9.87. The number of ether oxygens (including phenoxy) is 1. The second-order valence-corrected chi connectivity index (χ2v) is 8.13. The number of hydrogen-bond donors (Lipinski definition) is 3. The van der Waals surface area contributed by atoms with E-state index in [1.54, 1.807) is 12.1 Å². The smallest absolute Gasteiger partial charge is 0.416 e. The summed E-state index contributed by atoms with van der Waals surface area (Å²) in [5.74, 6) is -0.730. The maximum absolute atomic E-state index is 13.1. The van der Waals surface area contributed by atoms with Gasteiger partial charge in [-0.25, -0.2) is 4.79 Å². The van der Waals surface area contributed by atoms with Crippen LogP contribution >= 0.6 is 0 Å². The van der Waals surface area contributed by atoms with Gasteiger partial charge in [0.1, 0.15) is 5.75 Å². The average Bonchev–Trinajstić information content (AvgIpc) is 2.86. The monoisotopic (exact) mass is 500 g/mol. The molecule has 0 saturated carbocycles.